The Labute approximate surface area is 230 Å². The number of carbonyl (C=O) groups excluding carboxylic acids is 1. The van der Waals surface area contributed by atoms with E-state index in [9.17, 15) is 9.18 Å². The summed E-state index contributed by atoms with van der Waals surface area (Å²) >= 11 is 0. The van der Waals surface area contributed by atoms with Gasteiger partial charge in [-0.05, 0) is 89.2 Å². The van der Waals surface area contributed by atoms with Crippen molar-refractivity contribution in [3.8, 4) is 0 Å². The van der Waals surface area contributed by atoms with E-state index >= 15 is 0 Å². The molecule has 7 heteroatoms. The van der Waals surface area contributed by atoms with Crippen LogP contribution in [0, 0.1) is 6.92 Å². The standard InChI is InChI=1S/C31H50FN5O/c1-7-11-25(29(32)18-23(5)8-2)21-35-14-12-28(13-15-35)37-17-16-36(22-27(37)9-3)30-24(6)19-26(20-34-30)31(38)33-10-4/h18-20,27-28H,7-17,21-22H2,1-6H3,(H,33,38)/b23-18-,29-25-. The molecule has 0 radical (unpaired) electrons. The maximum Gasteiger partial charge on any atom is 0.252 e. The molecule has 1 atom stereocenters. The zero-order valence-electron chi connectivity index (χ0n) is 24.7. The third-order valence-electron chi connectivity index (χ3n) is 8.21. The fourth-order valence-corrected chi connectivity index (χ4v) is 5.87. The highest BCUT2D eigenvalue weighted by atomic mass is 19.1. The van der Waals surface area contributed by atoms with Gasteiger partial charge in [0.2, 0.25) is 0 Å². The van der Waals surface area contributed by atoms with Crippen molar-refractivity contribution in [3.63, 3.8) is 0 Å². The molecule has 2 saturated heterocycles. The number of piperazine rings is 1. The number of halogens is 1. The van der Waals surface area contributed by atoms with Crippen LogP contribution in [0.25, 0.3) is 0 Å². The van der Waals surface area contributed by atoms with Gasteiger partial charge in [-0.2, -0.15) is 0 Å². The molecule has 3 heterocycles. The van der Waals surface area contributed by atoms with Crippen LogP contribution in [0.2, 0.25) is 0 Å². The first-order valence-electron chi connectivity index (χ1n) is 14.8. The Morgan fingerprint density at radius 2 is 1.89 bits per heavy atom. The molecule has 6 nitrogen and oxygen atoms in total. The lowest BCUT2D eigenvalue weighted by molar-refractivity contribution is 0.0654. The first-order chi connectivity index (χ1) is 18.3. The molecule has 1 amide bonds. The Bertz CT molecular complexity index is 982. The van der Waals surface area contributed by atoms with Crippen LogP contribution in [0.5, 0.6) is 0 Å². The molecule has 0 saturated carbocycles. The number of anilines is 1. The van der Waals surface area contributed by atoms with Crippen molar-refractivity contribution in [1.29, 1.82) is 0 Å². The third kappa shape index (κ3) is 7.89. The van der Waals surface area contributed by atoms with Gasteiger partial charge < -0.3 is 10.2 Å². The zero-order chi connectivity index (χ0) is 27.7. The summed E-state index contributed by atoms with van der Waals surface area (Å²) < 4.78 is 15.0. The number of allylic oxidation sites excluding steroid dienone is 3. The molecular weight excluding hydrogens is 477 g/mol. The Morgan fingerprint density at radius 3 is 2.50 bits per heavy atom. The van der Waals surface area contributed by atoms with E-state index in [2.05, 4.69) is 47.7 Å². The zero-order valence-corrected chi connectivity index (χ0v) is 24.7. The number of amides is 1. The number of piperidine rings is 1. The summed E-state index contributed by atoms with van der Waals surface area (Å²) in [5.74, 6) is 0.916. The van der Waals surface area contributed by atoms with Crippen LogP contribution in [0.3, 0.4) is 0 Å². The fraction of sp³-hybridized carbons (Fsp3) is 0.677. The van der Waals surface area contributed by atoms with Crippen molar-refractivity contribution >= 4 is 11.7 Å². The third-order valence-corrected chi connectivity index (χ3v) is 8.21. The van der Waals surface area contributed by atoms with Crippen LogP contribution in [-0.4, -0.2) is 78.6 Å². The highest BCUT2D eigenvalue weighted by molar-refractivity contribution is 5.94. The van der Waals surface area contributed by atoms with Crippen molar-refractivity contribution < 1.29 is 9.18 Å². The highest BCUT2D eigenvalue weighted by Gasteiger charge is 2.34. The molecule has 1 unspecified atom stereocenters. The van der Waals surface area contributed by atoms with Crippen LogP contribution < -0.4 is 10.2 Å². The minimum Gasteiger partial charge on any atom is -0.354 e. The Balaban J connectivity index is 1.59. The van der Waals surface area contributed by atoms with E-state index in [4.69, 9.17) is 4.98 Å². The number of aromatic nitrogens is 1. The van der Waals surface area contributed by atoms with Crippen LogP contribution >= 0.6 is 0 Å². The van der Waals surface area contributed by atoms with Gasteiger partial charge in [0.25, 0.3) is 5.91 Å². The molecule has 0 aliphatic carbocycles. The van der Waals surface area contributed by atoms with Crippen molar-refractivity contribution in [2.75, 3.05) is 50.7 Å². The second kappa shape index (κ2) is 14.8. The minimum absolute atomic E-state index is 0.0154. The molecule has 0 spiro atoms. The number of likely N-dealkylation sites (tertiary alicyclic amines) is 1. The summed E-state index contributed by atoms with van der Waals surface area (Å²) in [4.78, 5) is 24.5. The number of pyridine rings is 1. The van der Waals surface area contributed by atoms with Gasteiger partial charge in [-0.25, -0.2) is 9.37 Å². The van der Waals surface area contributed by atoms with Gasteiger partial charge in [-0.3, -0.25) is 14.6 Å². The molecule has 1 aromatic heterocycles. The first kappa shape index (κ1) is 30.3. The smallest absolute Gasteiger partial charge is 0.252 e. The van der Waals surface area contributed by atoms with E-state index in [0.717, 1.165) is 100 Å². The fourth-order valence-electron chi connectivity index (χ4n) is 5.87. The van der Waals surface area contributed by atoms with Crippen LogP contribution in [0.1, 0.15) is 89.1 Å². The van der Waals surface area contributed by atoms with Gasteiger partial charge in [0.1, 0.15) is 11.6 Å². The number of nitrogens with zero attached hydrogens (tertiary/aromatic N) is 4. The topological polar surface area (TPSA) is 51.7 Å². The van der Waals surface area contributed by atoms with Crippen LogP contribution in [0.4, 0.5) is 10.2 Å². The number of nitrogens with one attached hydrogen (secondary N) is 1. The monoisotopic (exact) mass is 527 g/mol. The van der Waals surface area contributed by atoms with Crippen molar-refractivity contribution in [2.24, 2.45) is 0 Å². The number of aryl methyl sites for hydroxylation is 1. The highest BCUT2D eigenvalue weighted by Crippen LogP contribution is 2.28. The van der Waals surface area contributed by atoms with Gasteiger partial charge in [0, 0.05) is 51.0 Å². The molecule has 212 valence electrons. The Morgan fingerprint density at radius 1 is 1.16 bits per heavy atom. The Hall–Kier alpha value is -2.25. The maximum atomic E-state index is 15.0. The molecule has 0 aromatic carbocycles. The summed E-state index contributed by atoms with van der Waals surface area (Å²) in [6.07, 6.45) is 9.53. The first-order valence-corrected chi connectivity index (χ1v) is 14.8. The van der Waals surface area contributed by atoms with Crippen molar-refractivity contribution in [2.45, 2.75) is 92.2 Å². The molecule has 1 N–H and O–H groups in total. The SMILES string of the molecule is CCC/C(CN1CCC(N2CCN(c3ncc(C(=O)NCC)cc3C)CC2CC)CC1)=C(F)\C=C(\C)CC. The summed E-state index contributed by atoms with van der Waals surface area (Å²) in [6.45, 7) is 18.8. The number of carbonyl (C=O) groups is 1. The van der Waals surface area contributed by atoms with E-state index in [1.54, 1.807) is 12.3 Å². The van der Waals surface area contributed by atoms with E-state index in [-0.39, 0.29) is 11.7 Å². The summed E-state index contributed by atoms with van der Waals surface area (Å²) in [5, 5.41) is 2.85. The molecule has 1 aromatic rings. The molecule has 2 aliphatic rings. The van der Waals surface area contributed by atoms with Gasteiger partial charge >= 0.3 is 0 Å². The van der Waals surface area contributed by atoms with E-state index in [0.29, 0.717) is 24.2 Å². The maximum absolute atomic E-state index is 15.0. The number of rotatable bonds is 11. The van der Waals surface area contributed by atoms with Crippen molar-refractivity contribution in [3.05, 3.63) is 46.4 Å². The van der Waals surface area contributed by atoms with Crippen LogP contribution in [0.15, 0.2) is 35.3 Å². The molecule has 2 aliphatic heterocycles. The minimum atomic E-state index is -0.0650. The average molecular weight is 528 g/mol. The normalized spacial score (nSPS) is 21.0. The van der Waals surface area contributed by atoms with E-state index in [1.165, 1.54) is 0 Å². The van der Waals surface area contributed by atoms with Crippen LogP contribution in [-0.2, 0) is 0 Å². The molecular formula is C31H50FN5O. The lowest BCUT2D eigenvalue weighted by Crippen LogP contribution is -2.58. The van der Waals surface area contributed by atoms with Gasteiger partial charge in [0.05, 0.1) is 5.56 Å². The lowest BCUT2D eigenvalue weighted by atomic mass is 9.97. The van der Waals surface area contributed by atoms with Gasteiger partial charge in [-0.1, -0.05) is 32.8 Å². The second-order valence-electron chi connectivity index (χ2n) is 11.0. The van der Waals surface area contributed by atoms with Gasteiger partial charge in [-0.15, -0.1) is 0 Å². The van der Waals surface area contributed by atoms with Crippen molar-refractivity contribution in [1.82, 2.24) is 20.1 Å². The predicted octanol–water partition coefficient (Wildman–Crippen LogP) is 5.88. The number of hydrogen-bond donors (Lipinski definition) is 1. The second-order valence-corrected chi connectivity index (χ2v) is 11.0. The summed E-state index contributed by atoms with van der Waals surface area (Å²) in [6, 6.07) is 3.03. The van der Waals surface area contributed by atoms with E-state index in [1.807, 2.05) is 19.9 Å². The summed E-state index contributed by atoms with van der Waals surface area (Å²) in [7, 11) is 0. The molecule has 38 heavy (non-hydrogen) atoms. The number of hydrogen-bond acceptors (Lipinski definition) is 5. The van der Waals surface area contributed by atoms with E-state index < -0.39 is 0 Å². The predicted molar refractivity (Wildman–Crippen MR) is 157 cm³/mol. The Kier molecular flexibility index (Phi) is 11.8. The molecule has 0 bridgehead atoms. The summed E-state index contributed by atoms with van der Waals surface area (Å²) in [5.41, 5.74) is 3.74. The quantitative estimate of drug-likeness (QED) is 0.364. The lowest BCUT2D eigenvalue weighted by Gasteiger charge is -2.48. The van der Waals surface area contributed by atoms with Gasteiger partial charge in [0.15, 0.2) is 0 Å². The molecule has 2 fully saturated rings. The average Bonchev–Trinajstić information content (AvgIpc) is 2.92. The largest absolute Gasteiger partial charge is 0.354 e. The molecule has 3 rings (SSSR count).